The molecule has 1 aromatic carbocycles. The average molecular weight is 508 g/mol. The minimum Gasteiger partial charge on any atom is -0.458 e. The van der Waals surface area contributed by atoms with Gasteiger partial charge >= 0.3 is 23.6 Å². The molecule has 12 heteroatoms. The topological polar surface area (TPSA) is 133 Å². The second-order valence-electron chi connectivity index (χ2n) is 7.50. The van der Waals surface area contributed by atoms with E-state index in [1.807, 2.05) is 0 Å². The van der Waals surface area contributed by atoms with E-state index in [1.54, 1.807) is 12.1 Å². The number of furan rings is 1. The van der Waals surface area contributed by atoms with Gasteiger partial charge in [-0.2, -0.15) is 5.10 Å². The molecule has 1 aromatic heterocycles. The number of halogens is 2. The van der Waals surface area contributed by atoms with E-state index in [1.165, 1.54) is 29.3 Å². The first kappa shape index (κ1) is 25.3. The van der Waals surface area contributed by atoms with Crippen molar-refractivity contribution < 1.29 is 23.6 Å². The second kappa shape index (κ2) is 12.2. The lowest BCUT2D eigenvalue weighted by Gasteiger charge is -2.18. The van der Waals surface area contributed by atoms with E-state index in [4.69, 9.17) is 27.6 Å². The van der Waals surface area contributed by atoms with Crippen LogP contribution in [0.5, 0.6) is 0 Å². The summed E-state index contributed by atoms with van der Waals surface area (Å²) >= 11 is 11.7. The highest BCUT2D eigenvalue weighted by Gasteiger charge is 2.22. The number of hydrogen-bond acceptors (Lipinski definition) is 6. The number of benzene rings is 1. The molecule has 0 bridgehead atoms. The first-order valence-electron chi connectivity index (χ1n) is 10.6. The fourth-order valence-electron chi connectivity index (χ4n) is 3.24. The van der Waals surface area contributed by atoms with Crippen molar-refractivity contribution in [2.24, 2.45) is 5.10 Å². The highest BCUT2D eigenvalue weighted by molar-refractivity contribution is 6.40. The summed E-state index contributed by atoms with van der Waals surface area (Å²) in [5, 5.41) is 9.18. The SMILES string of the molecule is O=C(NCc1ccc(/C=N/NC(=O)C(=O)N2CCCCCC2)o1)C(=O)Nc1cc(Cl)cc(Cl)c1. The van der Waals surface area contributed by atoms with E-state index in [9.17, 15) is 19.2 Å². The van der Waals surface area contributed by atoms with E-state index >= 15 is 0 Å². The van der Waals surface area contributed by atoms with E-state index in [2.05, 4.69) is 21.2 Å². The van der Waals surface area contributed by atoms with Gasteiger partial charge in [0.2, 0.25) is 0 Å². The van der Waals surface area contributed by atoms with Gasteiger partial charge in [-0.3, -0.25) is 19.2 Å². The van der Waals surface area contributed by atoms with Gasteiger partial charge in [-0.25, -0.2) is 5.43 Å². The number of carbonyl (C=O) groups excluding carboxylic acids is 4. The van der Waals surface area contributed by atoms with Crippen LogP contribution in [0.1, 0.15) is 37.2 Å². The van der Waals surface area contributed by atoms with Crippen molar-refractivity contribution in [3.05, 3.63) is 51.9 Å². The number of rotatable bonds is 5. The van der Waals surface area contributed by atoms with Gasteiger partial charge in [0.15, 0.2) is 0 Å². The molecule has 1 aliphatic rings. The average Bonchev–Trinajstić information content (AvgIpc) is 3.06. The Kier molecular flexibility index (Phi) is 9.06. The van der Waals surface area contributed by atoms with Gasteiger partial charge in [0.05, 0.1) is 12.8 Å². The third-order valence-electron chi connectivity index (χ3n) is 4.88. The van der Waals surface area contributed by atoms with Crippen LogP contribution in [0.4, 0.5) is 5.69 Å². The minimum absolute atomic E-state index is 0.0593. The van der Waals surface area contributed by atoms with Crippen LogP contribution in [0.3, 0.4) is 0 Å². The maximum absolute atomic E-state index is 12.2. The van der Waals surface area contributed by atoms with Crippen molar-refractivity contribution in [3.63, 3.8) is 0 Å². The molecule has 10 nitrogen and oxygen atoms in total. The summed E-state index contributed by atoms with van der Waals surface area (Å²) in [6.45, 7) is 1.07. The molecule has 0 aliphatic carbocycles. The normalized spacial score (nSPS) is 13.9. The molecule has 1 saturated heterocycles. The van der Waals surface area contributed by atoms with Crippen molar-refractivity contribution in [1.82, 2.24) is 15.6 Å². The smallest absolute Gasteiger partial charge is 0.329 e. The second-order valence-corrected chi connectivity index (χ2v) is 8.38. The lowest BCUT2D eigenvalue weighted by atomic mass is 10.2. The number of nitrogens with zero attached hydrogens (tertiary/aromatic N) is 2. The molecule has 34 heavy (non-hydrogen) atoms. The zero-order valence-electron chi connectivity index (χ0n) is 18.1. The molecular weight excluding hydrogens is 485 g/mol. The molecule has 2 heterocycles. The number of hydrazone groups is 1. The molecule has 180 valence electrons. The zero-order valence-corrected chi connectivity index (χ0v) is 19.6. The van der Waals surface area contributed by atoms with Gasteiger partial charge in [0.25, 0.3) is 0 Å². The summed E-state index contributed by atoms with van der Waals surface area (Å²) < 4.78 is 5.46. The molecular formula is C22H23Cl2N5O5. The molecule has 3 N–H and O–H groups in total. The Hall–Kier alpha value is -3.37. The fourth-order valence-corrected chi connectivity index (χ4v) is 3.77. The highest BCUT2D eigenvalue weighted by atomic mass is 35.5. The number of hydrogen-bond donors (Lipinski definition) is 3. The fraction of sp³-hybridized carbons (Fsp3) is 0.318. The number of nitrogens with one attached hydrogen (secondary N) is 3. The van der Waals surface area contributed by atoms with Crippen LogP contribution in [-0.2, 0) is 25.7 Å². The number of amides is 4. The molecule has 4 amide bonds. The largest absolute Gasteiger partial charge is 0.458 e. The summed E-state index contributed by atoms with van der Waals surface area (Å²) in [5.74, 6) is -2.58. The molecule has 2 aromatic rings. The Bertz CT molecular complexity index is 1070. The van der Waals surface area contributed by atoms with Gasteiger partial charge in [-0.15, -0.1) is 0 Å². The molecule has 3 rings (SSSR count). The first-order valence-corrected chi connectivity index (χ1v) is 11.3. The van der Waals surface area contributed by atoms with E-state index in [-0.39, 0.29) is 18.0 Å². The van der Waals surface area contributed by atoms with Gasteiger partial charge in [0, 0.05) is 28.8 Å². The van der Waals surface area contributed by atoms with Gasteiger partial charge < -0.3 is 20.0 Å². The van der Waals surface area contributed by atoms with Gasteiger partial charge in [0.1, 0.15) is 11.5 Å². The first-order chi connectivity index (χ1) is 16.3. The standard InChI is InChI=1S/C22H23Cl2N5O5/c23-14-9-15(24)11-16(10-14)27-20(31)19(30)25-12-17-5-6-18(34-17)13-26-28-21(32)22(33)29-7-3-1-2-4-8-29/h5-6,9-11,13H,1-4,7-8,12H2,(H,25,30)(H,27,31)(H,28,32)/b26-13+. The van der Waals surface area contributed by atoms with Gasteiger partial charge in [-0.05, 0) is 43.2 Å². The Morgan fingerprint density at radius 3 is 2.29 bits per heavy atom. The Morgan fingerprint density at radius 1 is 0.941 bits per heavy atom. The molecule has 1 aliphatic heterocycles. The quantitative estimate of drug-likeness (QED) is 0.325. The van der Waals surface area contributed by atoms with Crippen LogP contribution in [0.2, 0.25) is 10.0 Å². The van der Waals surface area contributed by atoms with E-state index in [0.717, 1.165) is 25.7 Å². The molecule has 0 spiro atoms. The summed E-state index contributed by atoms with van der Waals surface area (Å²) in [7, 11) is 0. The predicted octanol–water partition coefficient (Wildman–Crippen LogP) is 2.69. The summed E-state index contributed by atoms with van der Waals surface area (Å²) in [5.41, 5.74) is 2.47. The molecule has 0 saturated carbocycles. The summed E-state index contributed by atoms with van der Waals surface area (Å²) in [6, 6.07) is 7.53. The molecule has 1 fully saturated rings. The number of carbonyl (C=O) groups is 4. The Balaban J connectivity index is 1.44. The third kappa shape index (κ3) is 7.60. The van der Waals surface area contributed by atoms with Crippen LogP contribution < -0.4 is 16.1 Å². The van der Waals surface area contributed by atoms with Crippen molar-refractivity contribution in [1.29, 1.82) is 0 Å². The molecule has 0 radical (unpaired) electrons. The summed E-state index contributed by atoms with van der Waals surface area (Å²) in [4.78, 5) is 49.8. The van der Waals surface area contributed by atoms with Gasteiger partial charge in [-0.1, -0.05) is 36.0 Å². The van der Waals surface area contributed by atoms with Crippen LogP contribution in [-0.4, -0.2) is 47.8 Å². The van der Waals surface area contributed by atoms with Crippen LogP contribution in [0.15, 0.2) is 39.9 Å². The predicted molar refractivity (Wildman–Crippen MR) is 126 cm³/mol. The third-order valence-corrected chi connectivity index (χ3v) is 5.31. The van der Waals surface area contributed by atoms with Crippen molar-refractivity contribution >= 4 is 58.7 Å². The highest BCUT2D eigenvalue weighted by Crippen LogP contribution is 2.22. The maximum Gasteiger partial charge on any atom is 0.329 e. The Labute approximate surface area is 205 Å². The maximum atomic E-state index is 12.2. The lowest BCUT2D eigenvalue weighted by molar-refractivity contribution is -0.145. The summed E-state index contributed by atoms with van der Waals surface area (Å²) in [6.07, 6.45) is 5.09. The lowest BCUT2D eigenvalue weighted by Crippen LogP contribution is -2.41. The monoisotopic (exact) mass is 507 g/mol. The molecule has 0 unspecified atom stereocenters. The van der Waals surface area contributed by atoms with Crippen molar-refractivity contribution in [3.8, 4) is 0 Å². The van der Waals surface area contributed by atoms with Crippen LogP contribution >= 0.6 is 23.2 Å². The van der Waals surface area contributed by atoms with Crippen LogP contribution in [0.25, 0.3) is 0 Å². The zero-order chi connectivity index (χ0) is 24.5. The van der Waals surface area contributed by atoms with Crippen molar-refractivity contribution in [2.45, 2.75) is 32.2 Å². The number of likely N-dealkylation sites (tertiary alicyclic amines) is 1. The number of anilines is 1. The van der Waals surface area contributed by atoms with E-state index < -0.39 is 23.6 Å². The molecule has 0 atom stereocenters. The van der Waals surface area contributed by atoms with E-state index in [0.29, 0.717) is 28.9 Å². The van der Waals surface area contributed by atoms with Crippen molar-refractivity contribution in [2.75, 3.05) is 18.4 Å². The minimum atomic E-state index is -0.900. The van der Waals surface area contributed by atoms with Crippen LogP contribution in [0, 0.1) is 0 Å². The Morgan fingerprint density at radius 2 is 1.62 bits per heavy atom.